The van der Waals surface area contributed by atoms with Crippen molar-refractivity contribution < 1.29 is 5.11 Å². The average Bonchev–Trinajstić information content (AvgIpc) is 2.06. The summed E-state index contributed by atoms with van der Waals surface area (Å²) in [5, 5.41) is 8.65. The zero-order chi connectivity index (χ0) is 8.10. The normalized spacial score (nSPS) is 12.9. The molecule has 0 aromatic carbocycles. The van der Waals surface area contributed by atoms with Gasteiger partial charge in [0.15, 0.2) is 0 Å². The SMILES string of the molecule is NC(CO)Cc1cccnc1. The van der Waals surface area contributed by atoms with Crippen molar-refractivity contribution in [3.8, 4) is 0 Å². The zero-order valence-electron chi connectivity index (χ0n) is 6.27. The van der Waals surface area contributed by atoms with E-state index < -0.39 is 0 Å². The van der Waals surface area contributed by atoms with Crippen LogP contribution in [0.25, 0.3) is 0 Å². The van der Waals surface area contributed by atoms with Gasteiger partial charge in [-0.25, -0.2) is 0 Å². The molecule has 0 aliphatic rings. The summed E-state index contributed by atoms with van der Waals surface area (Å²) in [6.45, 7) is 0.0227. The summed E-state index contributed by atoms with van der Waals surface area (Å²) in [4.78, 5) is 3.93. The van der Waals surface area contributed by atoms with Gasteiger partial charge in [0.05, 0.1) is 6.61 Å². The number of nitrogens with two attached hydrogens (primary N) is 1. The van der Waals surface area contributed by atoms with E-state index in [0.29, 0.717) is 6.42 Å². The zero-order valence-corrected chi connectivity index (χ0v) is 6.27. The molecule has 3 heteroatoms. The Morgan fingerprint density at radius 3 is 3.00 bits per heavy atom. The van der Waals surface area contributed by atoms with Gasteiger partial charge in [0.1, 0.15) is 0 Å². The standard InChI is InChI=1S/C8H12N2O/c9-8(6-11)4-7-2-1-3-10-5-7/h1-3,5,8,11H,4,6,9H2. The fraction of sp³-hybridized carbons (Fsp3) is 0.375. The summed E-state index contributed by atoms with van der Waals surface area (Å²) < 4.78 is 0. The fourth-order valence-electron chi connectivity index (χ4n) is 0.886. The Balaban J connectivity index is 2.51. The van der Waals surface area contributed by atoms with Crippen molar-refractivity contribution in [3.63, 3.8) is 0 Å². The molecule has 0 amide bonds. The minimum atomic E-state index is -0.167. The van der Waals surface area contributed by atoms with Gasteiger partial charge >= 0.3 is 0 Å². The second-order valence-corrected chi connectivity index (χ2v) is 2.51. The maximum absolute atomic E-state index is 8.65. The Bertz CT molecular complexity index is 201. The van der Waals surface area contributed by atoms with E-state index in [1.807, 2.05) is 12.1 Å². The molecular formula is C8H12N2O. The van der Waals surface area contributed by atoms with Crippen molar-refractivity contribution in [1.82, 2.24) is 4.98 Å². The second kappa shape index (κ2) is 4.05. The third-order valence-corrected chi connectivity index (χ3v) is 1.46. The third kappa shape index (κ3) is 2.65. The average molecular weight is 152 g/mol. The molecule has 1 heterocycles. The summed E-state index contributed by atoms with van der Waals surface area (Å²) in [5.74, 6) is 0. The molecule has 0 saturated carbocycles. The first-order valence-corrected chi connectivity index (χ1v) is 3.58. The molecule has 1 aromatic rings. The molecule has 0 radical (unpaired) electrons. The van der Waals surface area contributed by atoms with Gasteiger partial charge in [-0.15, -0.1) is 0 Å². The Kier molecular flexibility index (Phi) is 3.01. The van der Waals surface area contributed by atoms with Gasteiger partial charge in [0.25, 0.3) is 0 Å². The first-order valence-electron chi connectivity index (χ1n) is 3.58. The van der Waals surface area contributed by atoms with Gasteiger partial charge in [-0.3, -0.25) is 4.98 Å². The Morgan fingerprint density at radius 2 is 2.45 bits per heavy atom. The number of rotatable bonds is 3. The molecule has 1 aromatic heterocycles. The van der Waals surface area contributed by atoms with Gasteiger partial charge in [0.2, 0.25) is 0 Å². The van der Waals surface area contributed by atoms with Crippen molar-refractivity contribution in [3.05, 3.63) is 30.1 Å². The molecule has 0 aliphatic carbocycles. The third-order valence-electron chi connectivity index (χ3n) is 1.46. The van der Waals surface area contributed by atoms with Gasteiger partial charge in [0, 0.05) is 18.4 Å². The van der Waals surface area contributed by atoms with Crippen LogP contribution in [0.2, 0.25) is 0 Å². The van der Waals surface area contributed by atoms with Gasteiger partial charge in [-0.05, 0) is 18.1 Å². The van der Waals surface area contributed by atoms with Gasteiger partial charge < -0.3 is 10.8 Å². The summed E-state index contributed by atoms with van der Waals surface area (Å²) >= 11 is 0. The lowest BCUT2D eigenvalue weighted by molar-refractivity contribution is 0.265. The lowest BCUT2D eigenvalue weighted by atomic mass is 10.1. The van der Waals surface area contributed by atoms with Crippen LogP contribution in [0.15, 0.2) is 24.5 Å². The van der Waals surface area contributed by atoms with E-state index in [1.54, 1.807) is 12.4 Å². The van der Waals surface area contributed by atoms with Crippen molar-refractivity contribution in [2.45, 2.75) is 12.5 Å². The van der Waals surface area contributed by atoms with Crippen LogP contribution >= 0.6 is 0 Å². The fourth-order valence-corrected chi connectivity index (χ4v) is 0.886. The predicted octanol–water partition coefficient (Wildman–Crippen LogP) is -0.0563. The van der Waals surface area contributed by atoms with Crippen LogP contribution in [-0.4, -0.2) is 22.7 Å². The molecule has 0 aliphatic heterocycles. The summed E-state index contributed by atoms with van der Waals surface area (Å²) in [7, 11) is 0. The summed E-state index contributed by atoms with van der Waals surface area (Å²) in [6, 6.07) is 3.64. The number of aliphatic hydroxyl groups excluding tert-OH is 1. The Morgan fingerprint density at radius 1 is 1.64 bits per heavy atom. The highest BCUT2D eigenvalue weighted by atomic mass is 16.3. The molecule has 1 rings (SSSR count). The first-order chi connectivity index (χ1) is 5.33. The van der Waals surface area contributed by atoms with Crippen LogP contribution in [-0.2, 0) is 6.42 Å². The number of hydrogen-bond donors (Lipinski definition) is 2. The lowest BCUT2D eigenvalue weighted by Crippen LogP contribution is -2.26. The van der Waals surface area contributed by atoms with E-state index in [0.717, 1.165) is 5.56 Å². The molecule has 0 spiro atoms. The van der Waals surface area contributed by atoms with Crippen LogP contribution in [0.1, 0.15) is 5.56 Å². The van der Waals surface area contributed by atoms with Gasteiger partial charge in [-0.1, -0.05) is 6.07 Å². The monoisotopic (exact) mass is 152 g/mol. The van der Waals surface area contributed by atoms with Crippen molar-refractivity contribution >= 4 is 0 Å². The minimum Gasteiger partial charge on any atom is -0.395 e. The van der Waals surface area contributed by atoms with E-state index in [2.05, 4.69) is 4.98 Å². The molecule has 3 N–H and O–H groups in total. The minimum absolute atomic E-state index is 0.0227. The van der Waals surface area contributed by atoms with E-state index in [4.69, 9.17) is 10.8 Å². The van der Waals surface area contributed by atoms with Crippen LogP contribution in [0, 0.1) is 0 Å². The van der Waals surface area contributed by atoms with Gasteiger partial charge in [-0.2, -0.15) is 0 Å². The summed E-state index contributed by atoms with van der Waals surface area (Å²) in [6.07, 6.45) is 4.16. The van der Waals surface area contributed by atoms with Crippen molar-refractivity contribution in [2.75, 3.05) is 6.61 Å². The molecule has 60 valence electrons. The first kappa shape index (κ1) is 8.17. The maximum Gasteiger partial charge on any atom is 0.0585 e. The maximum atomic E-state index is 8.65. The molecular weight excluding hydrogens is 140 g/mol. The van der Waals surface area contributed by atoms with Crippen molar-refractivity contribution in [1.29, 1.82) is 0 Å². The number of aliphatic hydroxyl groups is 1. The molecule has 0 fully saturated rings. The molecule has 1 atom stereocenters. The smallest absolute Gasteiger partial charge is 0.0585 e. The highest BCUT2D eigenvalue weighted by Gasteiger charge is 2.00. The second-order valence-electron chi connectivity index (χ2n) is 2.51. The van der Waals surface area contributed by atoms with Crippen LogP contribution < -0.4 is 5.73 Å². The van der Waals surface area contributed by atoms with Crippen molar-refractivity contribution in [2.24, 2.45) is 5.73 Å². The van der Waals surface area contributed by atoms with Crippen LogP contribution in [0.3, 0.4) is 0 Å². The van der Waals surface area contributed by atoms with E-state index in [1.165, 1.54) is 0 Å². The Hall–Kier alpha value is -0.930. The van der Waals surface area contributed by atoms with Crippen LogP contribution in [0.5, 0.6) is 0 Å². The van der Waals surface area contributed by atoms with E-state index in [9.17, 15) is 0 Å². The quantitative estimate of drug-likeness (QED) is 0.638. The molecule has 3 nitrogen and oxygen atoms in total. The summed E-state index contributed by atoms with van der Waals surface area (Å²) in [5.41, 5.74) is 6.59. The molecule has 0 bridgehead atoms. The topological polar surface area (TPSA) is 59.1 Å². The Labute approximate surface area is 65.9 Å². The largest absolute Gasteiger partial charge is 0.395 e. The van der Waals surface area contributed by atoms with E-state index in [-0.39, 0.29) is 12.6 Å². The van der Waals surface area contributed by atoms with E-state index >= 15 is 0 Å². The number of nitrogens with zero attached hydrogens (tertiary/aromatic N) is 1. The van der Waals surface area contributed by atoms with Crippen LogP contribution in [0.4, 0.5) is 0 Å². The number of hydrogen-bond acceptors (Lipinski definition) is 3. The highest BCUT2D eigenvalue weighted by molar-refractivity contribution is 5.09. The molecule has 0 saturated heterocycles. The molecule has 1 unspecified atom stereocenters. The predicted molar refractivity (Wildman–Crippen MR) is 43.0 cm³/mol. The lowest BCUT2D eigenvalue weighted by Gasteiger charge is -2.06. The highest BCUT2D eigenvalue weighted by Crippen LogP contribution is 1.98. The number of aromatic nitrogens is 1. The number of pyridine rings is 1. The molecule has 11 heavy (non-hydrogen) atoms.